The van der Waals surface area contributed by atoms with Crippen molar-refractivity contribution in [2.75, 3.05) is 0 Å². The van der Waals surface area contributed by atoms with E-state index < -0.39 is 5.97 Å². The van der Waals surface area contributed by atoms with Gasteiger partial charge in [0.15, 0.2) is 0 Å². The molecule has 0 radical (unpaired) electrons. The van der Waals surface area contributed by atoms with E-state index in [1.165, 1.54) is 51.0 Å². The summed E-state index contributed by atoms with van der Waals surface area (Å²) in [6.45, 7) is 2.25. The minimum Gasteiger partial charge on any atom is -0.545 e. The maximum atomic E-state index is 10.1. The molecule has 2 nitrogen and oxygen atoms in total. The monoisotopic (exact) mass is 434 g/mol. The van der Waals surface area contributed by atoms with Crippen LogP contribution in [0.5, 0.6) is 0 Å². The predicted octanol–water partition coefficient (Wildman–Crippen LogP) is 5.21. The molecule has 142 valence electrons. The van der Waals surface area contributed by atoms with Crippen molar-refractivity contribution in [2.45, 2.75) is 58.3 Å². The maximum absolute atomic E-state index is 10.1. The molecule has 0 fully saturated rings. The van der Waals surface area contributed by atoms with Gasteiger partial charge in [-0.15, -0.1) is 0 Å². The molecule has 0 aromatic heterocycles. The van der Waals surface area contributed by atoms with Gasteiger partial charge in [-0.3, -0.25) is 0 Å². The van der Waals surface area contributed by atoms with Crippen LogP contribution in [0.25, 0.3) is 0 Å². The fraction of sp³-hybridized carbons (Fsp3) is 0.409. The zero-order chi connectivity index (χ0) is 17.7. The Morgan fingerprint density at radius 2 is 1.12 bits per heavy atom. The normalized spacial score (nSPS) is 12.5. The van der Waals surface area contributed by atoms with Crippen LogP contribution in [0.3, 0.4) is 0 Å². The number of carbonyl (C=O) groups is 1. The van der Waals surface area contributed by atoms with Crippen LogP contribution < -0.4 is 5.11 Å². The van der Waals surface area contributed by atoms with Crippen molar-refractivity contribution < 1.29 is 32.3 Å². The van der Waals surface area contributed by atoms with Crippen molar-refractivity contribution in [3.63, 3.8) is 0 Å². The van der Waals surface area contributed by atoms with Crippen molar-refractivity contribution >= 4 is 5.97 Å². The molecule has 0 aliphatic heterocycles. The number of unbranched alkanes of at least 4 members (excludes halogenated alkanes) is 7. The third-order valence-electron chi connectivity index (χ3n) is 3.34. The Kier molecular flexibility index (Phi) is 23.5. The number of carbonyl (C=O) groups excluding carboxylic acids is 1. The minimum atomic E-state index is -1.19. The van der Waals surface area contributed by atoms with E-state index >= 15 is 0 Å². The molecule has 0 N–H and O–H groups in total. The Balaban J connectivity index is 0. The molecule has 25 heavy (non-hydrogen) atoms. The standard InChI is InChI=1S/C22H32O2.Ag/c1-2-3-4-5-6-7-8-9-10-11-12-13-14-15-16-17-18-19-20-21-22(23)24;/h10-21H,2-9H2,1H3,(H,23,24);/q;+1/p-1/b11-10+,13-12+,15-14+,17-16+,19-18+,21-20+;. The van der Waals surface area contributed by atoms with E-state index in [4.69, 9.17) is 0 Å². The molecule has 0 rings (SSSR count). The van der Waals surface area contributed by atoms with Gasteiger partial charge in [0.1, 0.15) is 0 Å². The zero-order valence-electron chi connectivity index (χ0n) is 15.2. The molecule has 0 saturated carbocycles. The summed E-state index contributed by atoms with van der Waals surface area (Å²) >= 11 is 0. The molecule has 0 aromatic rings. The van der Waals surface area contributed by atoms with Gasteiger partial charge in [-0.1, -0.05) is 112 Å². The maximum Gasteiger partial charge on any atom is 1.00 e. The van der Waals surface area contributed by atoms with Gasteiger partial charge in [0, 0.05) is 0 Å². The number of carboxylic acids is 1. The Morgan fingerprint density at radius 1 is 0.680 bits per heavy atom. The molecule has 0 saturated heterocycles. The van der Waals surface area contributed by atoms with Gasteiger partial charge in [0.05, 0.1) is 5.97 Å². The van der Waals surface area contributed by atoms with Crippen LogP contribution in [0.15, 0.2) is 72.9 Å². The first-order chi connectivity index (χ1) is 11.8. The molecule has 0 aliphatic carbocycles. The summed E-state index contributed by atoms with van der Waals surface area (Å²) in [4.78, 5) is 10.1. The Hall–Kier alpha value is -1.35. The molecule has 0 heterocycles. The largest absolute Gasteiger partial charge is 1.00 e. The predicted molar refractivity (Wildman–Crippen MR) is 102 cm³/mol. The van der Waals surface area contributed by atoms with Crippen molar-refractivity contribution in [3.05, 3.63) is 72.9 Å². The second-order valence-corrected chi connectivity index (χ2v) is 5.56. The van der Waals surface area contributed by atoms with Gasteiger partial charge in [-0.25, -0.2) is 0 Å². The van der Waals surface area contributed by atoms with Gasteiger partial charge in [-0.05, 0) is 18.9 Å². The number of rotatable bonds is 14. The third kappa shape index (κ3) is 25.0. The fourth-order valence-electron chi connectivity index (χ4n) is 2.04. The summed E-state index contributed by atoms with van der Waals surface area (Å²) in [5, 5.41) is 10.1. The van der Waals surface area contributed by atoms with E-state index in [-0.39, 0.29) is 22.4 Å². The van der Waals surface area contributed by atoms with E-state index in [2.05, 4.69) is 19.1 Å². The van der Waals surface area contributed by atoms with Crippen LogP contribution in [0.4, 0.5) is 0 Å². The summed E-state index contributed by atoms with van der Waals surface area (Å²) in [6.07, 6.45) is 32.4. The molecule has 0 aliphatic rings. The van der Waals surface area contributed by atoms with Crippen LogP contribution in [-0.4, -0.2) is 5.97 Å². The first kappa shape index (κ1) is 25.9. The molecular weight excluding hydrogens is 404 g/mol. The Morgan fingerprint density at radius 3 is 1.64 bits per heavy atom. The summed E-state index contributed by atoms with van der Waals surface area (Å²) < 4.78 is 0. The quantitative estimate of drug-likeness (QED) is 0.163. The average Bonchev–Trinajstić information content (AvgIpc) is 2.56. The van der Waals surface area contributed by atoms with Crippen LogP contribution in [-0.2, 0) is 27.2 Å². The van der Waals surface area contributed by atoms with E-state index in [1.54, 1.807) is 12.2 Å². The van der Waals surface area contributed by atoms with Crippen LogP contribution in [0.1, 0.15) is 58.3 Å². The number of hydrogen-bond donors (Lipinski definition) is 0. The summed E-state index contributed by atoms with van der Waals surface area (Å²) in [7, 11) is 0. The first-order valence-corrected chi connectivity index (χ1v) is 8.98. The summed E-state index contributed by atoms with van der Waals surface area (Å²) in [5.74, 6) is -1.19. The van der Waals surface area contributed by atoms with Crippen LogP contribution in [0, 0.1) is 0 Å². The van der Waals surface area contributed by atoms with E-state index in [0.717, 1.165) is 12.5 Å². The number of carboxylic acid groups (broad SMARTS) is 1. The summed E-state index contributed by atoms with van der Waals surface area (Å²) in [6, 6.07) is 0. The van der Waals surface area contributed by atoms with E-state index in [9.17, 15) is 9.90 Å². The van der Waals surface area contributed by atoms with Gasteiger partial charge >= 0.3 is 22.4 Å². The average molecular weight is 435 g/mol. The smallest absolute Gasteiger partial charge is 0.545 e. The van der Waals surface area contributed by atoms with Crippen molar-refractivity contribution in [1.82, 2.24) is 0 Å². The zero-order valence-corrected chi connectivity index (χ0v) is 16.7. The Bertz CT molecular complexity index is 468. The topological polar surface area (TPSA) is 40.1 Å². The second-order valence-electron chi connectivity index (χ2n) is 5.56. The van der Waals surface area contributed by atoms with Gasteiger partial charge < -0.3 is 9.90 Å². The van der Waals surface area contributed by atoms with Gasteiger partial charge in [-0.2, -0.15) is 0 Å². The molecular formula is C22H31AgO2. The molecule has 0 unspecified atom stereocenters. The molecule has 0 amide bonds. The molecule has 0 aromatic carbocycles. The SMILES string of the molecule is CCCCCCCCC/C=C/C=C/C=C/C=C/C=C/C=C/C(=O)[O-].[Ag+]. The number of hydrogen-bond acceptors (Lipinski definition) is 2. The van der Waals surface area contributed by atoms with Gasteiger partial charge in [0.2, 0.25) is 0 Å². The van der Waals surface area contributed by atoms with Crippen molar-refractivity contribution in [3.8, 4) is 0 Å². The van der Waals surface area contributed by atoms with Crippen LogP contribution >= 0.6 is 0 Å². The van der Waals surface area contributed by atoms with E-state index in [0.29, 0.717) is 0 Å². The van der Waals surface area contributed by atoms with E-state index in [1.807, 2.05) is 36.5 Å². The number of allylic oxidation sites excluding steroid dienone is 11. The molecule has 3 heteroatoms. The van der Waals surface area contributed by atoms with Crippen molar-refractivity contribution in [2.24, 2.45) is 0 Å². The minimum absolute atomic E-state index is 0. The Labute approximate surface area is 169 Å². The number of aliphatic carboxylic acids is 1. The third-order valence-corrected chi connectivity index (χ3v) is 3.34. The molecule has 0 spiro atoms. The molecule has 0 bridgehead atoms. The second kappa shape index (κ2) is 22.7. The fourth-order valence-corrected chi connectivity index (χ4v) is 2.04. The first-order valence-electron chi connectivity index (χ1n) is 8.98. The van der Waals surface area contributed by atoms with Crippen LogP contribution in [0.2, 0.25) is 0 Å². The summed E-state index contributed by atoms with van der Waals surface area (Å²) in [5.41, 5.74) is 0. The van der Waals surface area contributed by atoms with Crippen molar-refractivity contribution in [1.29, 1.82) is 0 Å². The van der Waals surface area contributed by atoms with Gasteiger partial charge in [0.25, 0.3) is 0 Å². The molecule has 0 atom stereocenters.